The average molecular weight is 501 g/mol. The van der Waals surface area contributed by atoms with Crippen LogP contribution in [-0.4, -0.2) is 27.6 Å². The van der Waals surface area contributed by atoms with Crippen LogP contribution in [0.1, 0.15) is 44.5 Å². The Bertz CT molecular complexity index is 1140. The fraction of sp³-hybridized carbons (Fsp3) is 0.346. The number of nitrogens with two attached hydrogens (primary N) is 1. The highest BCUT2D eigenvalue weighted by molar-refractivity contribution is 6.36. The van der Waals surface area contributed by atoms with Crippen LogP contribution in [0.25, 0.3) is 11.3 Å². The Labute approximate surface area is 210 Å². The summed E-state index contributed by atoms with van der Waals surface area (Å²) in [4.78, 5) is 21.3. The molecule has 180 valence electrons. The van der Waals surface area contributed by atoms with E-state index in [4.69, 9.17) is 38.7 Å². The highest BCUT2D eigenvalue weighted by atomic mass is 35.5. The Morgan fingerprint density at radius 3 is 2.47 bits per heavy atom. The van der Waals surface area contributed by atoms with Gasteiger partial charge in [-0.3, -0.25) is 4.79 Å². The SMILES string of the molecule is C[C@H](NCc1cccc(-c2cnc(N)c(CCc3c(Cl)cccc3Cl)n2)c1)C(=O)OC(C)(C)C. The summed E-state index contributed by atoms with van der Waals surface area (Å²) in [5, 5.41) is 4.46. The largest absolute Gasteiger partial charge is 0.459 e. The lowest BCUT2D eigenvalue weighted by atomic mass is 10.1. The molecule has 0 fully saturated rings. The third-order valence-corrected chi connectivity index (χ3v) is 5.85. The molecule has 0 aliphatic carbocycles. The quantitative estimate of drug-likeness (QED) is 0.389. The molecule has 0 saturated heterocycles. The van der Waals surface area contributed by atoms with E-state index in [1.807, 2.05) is 63.2 Å². The molecule has 34 heavy (non-hydrogen) atoms. The van der Waals surface area contributed by atoms with Gasteiger partial charge in [-0.05, 0) is 69.9 Å². The standard InChI is InChI=1S/C26H30Cl2N4O2/c1-16(25(33)34-26(2,3)4)30-14-17-7-5-8-18(13-17)23-15-31-24(29)22(32-23)12-11-19-20(27)9-6-10-21(19)28/h5-10,13,15-16,30H,11-12,14H2,1-4H3,(H2,29,31)/t16-/m0/s1. The van der Waals surface area contributed by atoms with Crippen LogP contribution in [0.2, 0.25) is 10.0 Å². The number of aromatic nitrogens is 2. The van der Waals surface area contributed by atoms with Gasteiger partial charge in [-0.2, -0.15) is 0 Å². The molecule has 3 N–H and O–H groups in total. The van der Waals surface area contributed by atoms with E-state index in [0.29, 0.717) is 40.9 Å². The van der Waals surface area contributed by atoms with Crippen LogP contribution in [0.4, 0.5) is 5.82 Å². The summed E-state index contributed by atoms with van der Waals surface area (Å²) in [5.41, 5.74) is 9.77. The molecule has 6 nitrogen and oxygen atoms in total. The van der Waals surface area contributed by atoms with Crippen LogP contribution in [-0.2, 0) is 28.9 Å². The summed E-state index contributed by atoms with van der Waals surface area (Å²) in [7, 11) is 0. The number of rotatable bonds is 8. The molecular weight excluding hydrogens is 471 g/mol. The van der Waals surface area contributed by atoms with E-state index in [1.54, 1.807) is 13.1 Å². The van der Waals surface area contributed by atoms with Crippen molar-refractivity contribution in [3.05, 3.63) is 75.5 Å². The average Bonchev–Trinajstić information content (AvgIpc) is 2.77. The molecule has 1 atom stereocenters. The van der Waals surface area contributed by atoms with Gasteiger partial charge in [-0.1, -0.05) is 47.5 Å². The van der Waals surface area contributed by atoms with Crippen molar-refractivity contribution < 1.29 is 9.53 Å². The predicted molar refractivity (Wildman–Crippen MR) is 138 cm³/mol. The van der Waals surface area contributed by atoms with Gasteiger partial charge in [-0.15, -0.1) is 0 Å². The molecule has 3 rings (SSSR count). The summed E-state index contributed by atoms with van der Waals surface area (Å²) >= 11 is 12.6. The summed E-state index contributed by atoms with van der Waals surface area (Å²) < 4.78 is 5.43. The highest BCUT2D eigenvalue weighted by Gasteiger charge is 2.21. The van der Waals surface area contributed by atoms with Crippen molar-refractivity contribution in [2.24, 2.45) is 0 Å². The van der Waals surface area contributed by atoms with Gasteiger partial charge in [0.15, 0.2) is 0 Å². The van der Waals surface area contributed by atoms with Crippen LogP contribution in [0, 0.1) is 0 Å². The molecule has 0 unspecified atom stereocenters. The van der Waals surface area contributed by atoms with Crippen molar-refractivity contribution in [3.8, 4) is 11.3 Å². The maximum absolute atomic E-state index is 12.2. The van der Waals surface area contributed by atoms with Crippen LogP contribution >= 0.6 is 23.2 Å². The van der Waals surface area contributed by atoms with Crippen LogP contribution in [0.5, 0.6) is 0 Å². The summed E-state index contributed by atoms with van der Waals surface area (Å²) in [6.07, 6.45) is 2.83. The van der Waals surface area contributed by atoms with E-state index in [-0.39, 0.29) is 5.97 Å². The van der Waals surface area contributed by atoms with Crippen molar-refractivity contribution in [3.63, 3.8) is 0 Å². The van der Waals surface area contributed by atoms with Crippen molar-refractivity contribution in [2.75, 3.05) is 5.73 Å². The second kappa shape index (κ2) is 11.2. The van der Waals surface area contributed by atoms with Crippen molar-refractivity contribution in [1.82, 2.24) is 15.3 Å². The van der Waals surface area contributed by atoms with E-state index in [0.717, 1.165) is 22.4 Å². The number of carbonyl (C=O) groups is 1. The summed E-state index contributed by atoms with van der Waals surface area (Å²) in [5.74, 6) is 0.104. The fourth-order valence-corrected chi connectivity index (χ4v) is 3.95. The minimum absolute atomic E-state index is 0.281. The summed E-state index contributed by atoms with van der Waals surface area (Å²) in [6.45, 7) is 7.86. The van der Waals surface area contributed by atoms with E-state index in [1.165, 1.54) is 0 Å². The number of anilines is 1. The fourth-order valence-electron chi connectivity index (χ4n) is 3.36. The lowest BCUT2D eigenvalue weighted by Crippen LogP contribution is -2.38. The number of halogens is 2. The summed E-state index contributed by atoms with van der Waals surface area (Å²) in [6, 6.07) is 12.9. The van der Waals surface area contributed by atoms with Gasteiger partial charge in [0, 0.05) is 22.2 Å². The van der Waals surface area contributed by atoms with Gasteiger partial charge in [-0.25, -0.2) is 9.97 Å². The molecule has 8 heteroatoms. The Hall–Kier alpha value is -2.67. The molecule has 0 spiro atoms. The number of carbonyl (C=O) groups excluding carboxylic acids is 1. The monoisotopic (exact) mass is 500 g/mol. The minimum atomic E-state index is -0.518. The first-order chi connectivity index (χ1) is 16.0. The van der Waals surface area contributed by atoms with E-state index in [2.05, 4.69) is 10.3 Å². The van der Waals surface area contributed by atoms with E-state index in [9.17, 15) is 4.79 Å². The molecule has 0 bridgehead atoms. The first-order valence-corrected chi connectivity index (χ1v) is 11.9. The van der Waals surface area contributed by atoms with Gasteiger partial charge >= 0.3 is 5.97 Å². The third kappa shape index (κ3) is 7.16. The van der Waals surface area contributed by atoms with Gasteiger partial charge in [0.2, 0.25) is 0 Å². The van der Waals surface area contributed by atoms with Crippen molar-refractivity contribution in [2.45, 2.75) is 58.7 Å². The number of nitrogen functional groups attached to an aromatic ring is 1. The molecule has 0 saturated carbocycles. The van der Waals surface area contributed by atoms with Gasteiger partial charge in [0.25, 0.3) is 0 Å². The molecule has 1 aromatic heterocycles. The number of ether oxygens (including phenoxy) is 1. The molecule has 0 radical (unpaired) electrons. The number of benzene rings is 2. The number of hydrogen-bond acceptors (Lipinski definition) is 6. The number of nitrogens with zero attached hydrogens (tertiary/aromatic N) is 2. The zero-order chi connectivity index (χ0) is 24.9. The second-order valence-electron chi connectivity index (χ2n) is 9.12. The van der Waals surface area contributed by atoms with Crippen LogP contribution < -0.4 is 11.1 Å². The van der Waals surface area contributed by atoms with Gasteiger partial charge in [0.1, 0.15) is 17.5 Å². The van der Waals surface area contributed by atoms with Crippen LogP contribution in [0.3, 0.4) is 0 Å². The molecule has 0 aliphatic heterocycles. The zero-order valence-corrected chi connectivity index (χ0v) is 21.4. The van der Waals surface area contributed by atoms with Crippen molar-refractivity contribution in [1.29, 1.82) is 0 Å². The molecule has 1 heterocycles. The van der Waals surface area contributed by atoms with E-state index >= 15 is 0 Å². The zero-order valence-electron chi connectivity index (χ0n) is 19.9. The van der Waals surface area contributed by atoms with Crippen molar-refractivity contribution >= 4 is 35.0 Å². The lowest BCUT2D eigenvalue weighted by molar-refractivity contribution is -0.157. The lowest BCUT2D eigenvalue weighted by Gasteiger charge is -2.22. The molecule has 0 amide bonds. The normalized spacial score (nSPS) is 12.4. The van der Waals surface area contributed by atoms with E-state index < -0.39 is 11.6 Å². The molecule has 3 aromatic rings. The molecular formula is C26H30Cl2N4O2. The predicted octanol–water partition coefficient (Wildman–Crippen LogP) is 5.64. The third-order valence-electron chi connectivity index (χ3n) is 5.15. The Morgan fingerprint density at radius 2 is 1.79 bits per heavy atom. The minimum Gasteiger partial charge on any atom is -0.459 e. The molecule has 2 aromatic carbocycles. The van der Waals surface area contributed by atoms with Crippen LogP contribution in [0.15, 0.2) is 48.7 Å². The number of aryl methyl sites for hydroxylation is 1. The number of nitrogens with one attached hydrogen (secondary N) is 1. The maximum atomic E-state index is 12.2. The molecule has 0 aliphatic rings. The second-order valence-corrected chi connectivity index (χ2v) is 9.94. The first kappa shape index (κ1) is 25.9. The highest BCUT2D eigenvalue weighted by Crippen LogP contribution is 2.27. The van der Waals surface area contributed by atoms with Gasteiger partial charge in [0.05, 0.1) is 17.6 Å². The number of hydrogen-bond donors (Lipinski definition) is 2. The first-order valence-electron chi connectivity index (χ1n) is 11.1. The topological polar surface area (TPSA) is 90.1 Å². The number of esters is 1. The van der Waals surface area contributed by atoms with Gasteiger partial charge < -0.3 is 15.8 Å². The Kier molecular flexibility index (Phi) is 8.52. The Balaban J connectivity index is 1.71. The smallest absolute Gasteiger partial charge is 0.323 e. The Morgan fingerprint density at radius 1 is 1.12 bits per heavy atom. The maximum Gasteiger partial charge on any atom is 0.323 e.